The summed E-state index contributed by atoms with van der Waals surface area (Å²) in [5.41, 5.74) is 3.45. The molecule has 0 radical (unpaired) electrons. The van der Waals surface area contributed by atoms with Crippen molar-refractivity contribution in [3.8, 4) is 22.8 Å². The van der Waals surface area contributed by atoms with Gasteiger partial charge in [0.25, 0.3) is 5.19 Å². The Balaban J connectivity index is 0.000000113. The number of hydrogen-bond acceptors (Lipinski definition) is 12. The number of rotatable bonds is 4. The number of thiazole rings is 1. The first-order chi connectivity index (χ1) is 23.6. The predicted octanol–water partition coefficient (Wildman–Crippen LogP) is 9.44. The maximum Gasteiger partial charge on any atom is 0.274 e. The quantitative estimate of drug-likeness (QED) is 0.178. The zero-order chi connectivity index (χ0) is 33.3. The summed E-state index contributed by atoms with van der Waals surface area (Å²) >= 11 is 3.26. The minimum Gasteiger partial charge on any atom is -0.481 e. The molecule has 0 saturated carbocycles. The van der Waals surface area contributed by atoms with Crippen LogP contribution in [0.15, 0.2) is 118 Å². The minimum atomic E-state index is 0.608. The maximum atomic E-state index is 5.41. The van der Waals surface area contributed by atoms with E-state index in [1.807, 2.05) is 78.2 Å². The van der Waals surface area contributed by atoms with Crippen LogP contribution in [0, 0.1) is 0 Å². The lowest BCUT2D eigenvalue weighted by Gasteiger charge is -2.04. The highest BCUT2D eigenvalue weighted by Crippen LogP contribution is 2.31. The van der Waals surface area contributed by atoms with E-state index in [-0.39, 0.29) is 0 Å². The molecule has 0 unspecified atom stereocenters. The number of fused-ring (bicyclic) bond motifs is 6. The first kappa shape index (κ1) is 32.2. The summed E-state index contributed by atoms with van der Waals surface area (Å²) in [5, 5.41) is 6.78. The van der Waals surface area contributed by atoms with Crippen molar-refractivity contribution in [3.63, 3.8) is 0 Å². The van der Waals surface area contributed by atoms with Crippen LogP contribution < -0.4 is 18.9 Å². The summed E-state index contributed by atoms with van der Waals surface area (Å²) in [5.74, 6) is 1.96. The Bertz CT molecular complexity index is 2290. The van der Waals surface area contributed by atoms with Crippen molar-refractivity contribution >= 4 is 75.8 Å². The number of aromatic nitrogens is 4. The molecule has 7 aromatic heterocycles. The fourth-order valence-corrected chi connectivity index (χ4v) is 6.34. The molecule has 7 heterocycles. The van der Waals surface area contributed by atoms with E-state index in [4.69, 9.17) is 27.8 Å². The van der Waals surface area contributed by atoms with Gasteiger partial charge in [-0.15, -0.1) is 11.3 Å². The molecular formula is C36H30N4O6S2. The van der Waals surface area contributed by atoms with Crippen molar-refractivity contribution in [2.24, 2.45) is 0 Å². The van der Waals surface area contributed by atoms with Crippen molar-refractivity contribution in [3.05, 3.63) is 109 Å². The Kier molecular flexibility index (Phi) is 10.2. The molecule has 0 amide bonds. The van der Waals surface area contributed by atoms with Gasteiger partial charge in [-0.05, 0) is 47.8 Å². The highest BCUT2D eigenvalue weighted by molar-refractivity contribution is 7.20. The summed E-state index contributed by atoms with van der Waals surface area (Å²) in [6.45, 7) is 0. The summed E-state index contributed by atoms with van der Waals surface area (Å²) in [7, 11) is 6.49. The van der Waals surface area contributed by atoms with Crippen LogP contribution >= 0.6 is 22.7 Å². The molecule has 0 N–H and O–H groups in total. The number of para-hydroxylation sites is 1. The molecule has 9 aromatic rings. The highest BCUT2D eigenvalue weighted by atomic mass is 32.1. The molecule has 0 bridgehead atoms. The second-order valence-corrected chi connectivity index (χ2v) is 11.7. The van der Waals surface area contributed by atoms with E-state index in [0.29, 0.717) is 17.6 Å². The van der Waals surface area contributed by atoms with Gasteiger partial charge >= 0.3 is 0 Å². The standard InChI is InChI=1S/C12H9NO2.C8H7NO2.2C8H7NOS/c1-14-12-9-5-3-2-4-8(9)11-10(13-12)6-7-15-11;2*1-10-8-6-3-5-11-7(6)2-4-9-8;1-10-8-9-6-4-2-3-5-7(6)11-8/h2-7H,1H3;3*2-5H,1H3. The van der Waals surface area contributed by atoms with E-state index >= 15 is 0 Å². The summed E-state index contributed by atoms with van der Waals surface area (Å²) in [6, 6.07) is 25.4. The van der Waals surface area contributed by atoms with Crippen molar-refractivity contribution in [1.29, 1.82) is 0 Å². The van der Waals surface area contributed by atoms with Crippen LogP contribution in [0.5, 0.6) is 22.8 Å². The lowest BCUT2D eigenvalue weighted by atomic mass is 10.1. The van der Waals surface area contributed by atoms with Gasteiger partial charge in [0.15, 0.2) is 5.58 Å². The molecule has 0 aliphatic rings. The maximum absolute atomic E-state index is 5.41. The molecule has 0 aliphatic heterocycles. The molecule has 48 heavy (non-hydrogen) atoms. The van der Waals surface area contributed by atoms with Crippen LogP contribution in [-0.2, 0) is 0 Å². The van der Waals surface area contributed by atoms with Gasteiger partial charge in [0, 0.05) is 33.9 Å². The van der Waals surface area contributed by atoms with E-state index in [9.17, 15) is 0 Å². The Labute approximate surface area is 283 Å². The fourth-order valence-electron chi connectivity index (χ4n) is 4.79. The molecule has 12 heteroatoms. The Morgan fingerprint density at radius 2 is 1.25 bits per heavy atom. The monoisotopic (exact) mass is 678 g/mol. The summed E-state index contributed by atoms with van der Waals surface area (Å²) in [6.07, 6.45) is 6.68. The fraction of sp³-hybridized carbons (Fsp3) is 0.111. The van der Waals surface area contributed by atoms with Gasteiger partial charge in [-0.2, -0.15) is 0 Å². The normalized spacial score (nSPS) is 10.5. The van der Waals surface area contributed by atoms with Crippen molar-refractivity contribution in [1.82, 2.24) is 19.9 Å². The number of furan rings is 2. The van der Waals surface area contributed by atoms with Crippen LogP contribution in [0.25, 0.3) is 53.1 Å². The lowest BCUT2D eigenvalue weighted by Crippen LogP contribution is -1.89. The third-order valence-electron chi connectivity index (χ3n) is 6.98. The second kappa shape index (κ2) is 15.2. The molecule has 0 spiro atoms. The molecule has 0 fully saturated rings. The van der Waals surface area contributed by atoms with E-state index < -0.39 is 0 Å². The average Bonchev–Trinajstić information content (AvgIpc) is 3.97. The number of hydrogen-bond donors (Lipinski definition) is 0. The van der Waals surface area contributed by atoms with Crippen molar-refractivity contribution in [2.45, 2.75) is 0 Å². The number of methoxy groups -OCH3 is 4. The van der Waals surface area contributed by atoms with Gasteiger partial charge in [-0.25, -0.2) is 19.9 Å². The van der Waals surface area contributed by atoms with Gasteiger partial charge in [-0.1, -0.05) is 41.7 Å². The number of ether oxygens (including phenoxy) is 4. The Morgan fingerprint density at radius 1 is 0.542 bits per heavy atom. The molecule has 2 aromatic carbocycles. The van der Waals surface area contributed by atoms with Gasteiger partial charge in [0.05, 0.1) is 62.0 Å². The van der Waals surface area contributed by atoms with E-state index in [1.54, 1.807) is 82.1 Å². The van der Waals surface area contributed by atoms with E-state index in [0.717, 1.165) is 48.9 Å². The number of benzene rings is 2. The molecule has 0 atom stereocenters. The predicted molar refractivity (Wildman–Crippen MR) is 191 cm³/mol. The van der Waals surface area contributed by atoms with Crippen LogP contribution in [0.4, 0.5) is 0 Å². The third-order valence-corrected chi connectivity index (χ3v) is 8.86. The van der Waals surface area contributed by atoms with Gasteiger partial charge < -0.3 is 27.8 Å². The highest BCUT2D eigenvalue weighted by Gasteiger charge is 2.10. The molecular weight excluding hydrogens is 649 g/mol. The second-order valence-electron chi connectivity index (χ2n) is 9.76. The third kappa shape index (κ3) is 6.99. The topological polar surface area (TPSA) is 115 Å². The molecule has 10 nitrogen and oxygen atoms in total. The minimum absolute atomic E-state index is 0.608. The molecule has 0 saturated heterocycles. The largest absolute Gasteiger partial charge is 0.481 e. The lowest BCUT2D eigenvalue weighted by molar-refractivity contribution is 0.403. The van der Waals surface area contributed by atoms with Crippen LogP contribution in [0.3, 0.4) is 0 Å². The first-order valence-corrected chi connectivity index (χ1v) is 16.2. The van der Waals surface area contributed by atoms with E-state index in [1.165, 1.54) is 9.40 Å². The number of pyridine rings is 3. The van der Waals surface area contributed by atoms with Crippen LogP contribution in [0.2, 0.25) is 0 Å². The number of nitrogens with zero attached hydrogens (tertiary/aromatic N) is 4. The van der Waals surface area contributed by atoms with Gasteiger partial charge in [0.1, 0.15) is 11.1 Å². The Hall–Kier alpha value is -5.72. The van der Waals surface area contributed by atoms with E-state index in [2.05, 4.69) is 19.9 Å². The van der Waals surface area contributed by atoms with Crippen molar-refractivity contribution in [2.75, 3.05) is 28.4 Å². The van der Waals surface area contributed by atoms with Gasteiger partial charge in [0.2, 0.25) is 17.6 Å². The average molecular weight is 679 g/mol. The van der Waals surface area contributed by atoms with Crippen molar-refractivity contribution < 1.29 is 27.8 Å². The zero-order valence-corrected chi connectivity index (χ0v) is 28.1. The molecule has 9 rings (SSSR count). The van der Waals surface area contributed by atoms with Crippen LogP contribution in [-0.4, -0.2) is 48.4 Å². The Morgan fingerprint density at radius 3 is 2.02 bits per heavy atom. The summed E-state index contributed by atoms with van der Waals surface area (Å²) < 4.78 is 33.3. The first-order valence-electron chi connectivity index (χ1n) is 14.5. The summed E-state index contributed by atoms with van der Waals surface area (Å²) in [4.78, 5) is 16.7. The smallest absolute Gasteiger partial charge is 0.274 e. The SMILES string of the molecule is COc1nc2ccccc2s1.COc1nc2ccoc2c2ccccc12.COc1nccc2occc12.COc1nccc2sccc12. The van der Waals surface area contributed by atoms with Crippen LogP contribution in [0.1, 0.15) is 0 Å². The molecule has 242 valence electrons. The number of thiophene rings is 1. The zero-order valence-electron chi connectivity index (χ0n) is 26.4. The molecule has 0 aliphatic carbocycles. The van der Waals surface area contributed by atoms with Gasteiger partial charge in [-0.3, -0.25) is 0 Å².